The molecule has 2 rings (SSSR count). The maximum absolute atomic E-state index is 12.5. The first-order valence-electron chi connectivity index (χ1n) is 3.98. The van der Waals surface area contributed by atoms with Crippen LogP contribution in [0.15, 0.2) is 29.1 Å². The van der Waals surface area contributed by atoms with E-state index in [2.05, 4.69) is 15.5 Å². The quantitative estimate of drug-likeness (QED) is 0.740. The van der Waals surface area contributed by atoms with Gasteiger partial charge in [-0.1, -0.05) is 12.1 Å². The molecule has 72 valence electrons. The number of rotatable bonds is 2. The summed E-state index contributed by atoms with van der Waals surface area (Å²) in [5, 5.41) is 9.05. The van der Waals surface area contributed by atoms with E-state index in [9.17, 15) is 9.18 Å². The summed E-state index contributed by atoms with van der Waals surface area (Å²) in [7, 11) is 0. The summed E-state index contributed by atoms with van der Waals surface area (Å²) in [6.07, 6.45) is 0. The number of nitrogens with zero attached hydrogens (tertiary/aromatic N) is 3. The Morgan fingerprint density at radius 2 is 2.07 bits per heavy atom. The van der Waals surface area contributed by atoms with Crippen molar-refractivity contribution in [2.45, 2.75) is 6.54 Å². The molecule has 2 aromatic rings. The molecule has 1 heterocycles. The third-order valence-corrected chi connectivity index (χ3v) is 1.78. The van der Waals surface area contributed by atoms with Gasteiger partial charge in [0.1, 0.15) is 5.82 Å². The largest absolute Gasteiger partial charge is 0.361 e. The zero-order valence-corrected chi connectivity index (χ0v) is 7.14. The Labute approximate surface area is 78.2 Å². The second kappa shape index (κ2) is 3.41. The van der Waals surface area contributed by atoms with Gasteiger partial charge in [-0.05, 0) is 28.1 Å². The van der Waals surface area contributed by atoms with Crippen LogP contribution in [-0.4, -0.2) is 20.2 Å². The van der Waals surface area contributed by atoms with Gasteiger partial charge in [-0.15, -0.1) is 0 Å². The van der Waals surface area contributed by atoms with Gasteiger partial charge in [0.2, 0.25) is 0 Å². The van der Waals surface area contributed by atoms with E-state index in [1.165, 1.54) is 12.1 Å². The Hall–Kier alpha value is -1.98. The molecule has 0 radical (unpaired) electrons. The summed E-state index contributed by atoms with van der Waals surface area (Å²) in [5.74, 6) is -0.304. The van der Waals surface area contributed by atoms with Crippen molar-refractivity contribution in [2.24, 2.45) is 0 Å². The molecule has 1 aromatic carbocycles. The molecule has 0 spiro atoms. The van der Waals surface area contributed by atoms with Crippen molar-refractivity contribution in [1.82, 2.24) is 20.2 Å². The van der Waals surface area contributed by atoms with E-state index in [-0.39, 0.29) is 18.1 Å². The molecular weight excluding hydrogens is 187 g/mol. The number of H-pyrrole nitrogens is 1. The Morgan fingerprint density at radius 3 is 2.64 bits per heavy atom. The van der Waals surface area contributed by atoms with Gasteiger partial charge in [0, 0.05) is 0 Å². The monoisotopic (exact) mass is 194 g/mol. The van der Waals surface area contributed by atoms with Crippen LogP contribution in [-0.2, 0) is 6.54 Å². The Balaban J connectivity index is 2.23. The maximum atomic E-state index is 12.5. The molecule has 5 nitrogen and oxygen atoms in total. The van der Waals surface area contributed by atoms with Gasteiger partial charge in [-0.3, -0.25) is 0 Å². The molecule has 0 amide bonds. The highest BCUT2D eigenvalue weighted by Crippen LogP contribution is 2.02. The molecule has 0 aliphatic heterocycles. The number of hydrogen-bond donors (Lipinski definition) is 1. The van der Waals surface area contributed by atoms with E-state index in [1.807, 2.05) is 0 Å². The normalized spacial score (nSPS) is 10.4. The fraction of sp³-hybridized carbons (Fsp3) is 0.125. The van der Waals surface area contributed by atoms with Crippen LogP contribution in [0.4, 0.5) is 4.39 Å². The van der Waals surface area contributed by atoms with Crippen LogP contribution in [0.2, 0.25) is 0 Å². The van der Waals surface area contributed by atoms with Crippen molar-refractivity contribution in [3.05, 3.63) is 46.1 Å². The molecule has 1 aromatic heterocycles. The van der Waals surface area contributed by atoms with Gasteiger partial charge in [0.05, 0.1) is 6.54 Å². The lowest BCUT2D eigenvalue weighted by Crippen LogP contribution is -2.18. The van der Waals surface area contributed by atoms with Crippen molar-refractivity contribution in [2.75, 3.05) is 0 Å². The molecule has 1 N–H and O–H groups in total. The standard InChI is InChI=1S/C8H7FN4O/c9-7-3-1-6(2-4-7)5-13-8(14)10-11-12-13/h1-4H,5H2,(H,10,12,14). The van der Waals surface area contributed by atoms with E-state index >= 15 is 0 Å². The highest BCUT2D eigenvalue weighted by Gasteiger charge is 2.00. The molecule has 0 saturated heterocycles. The van der Waals surface area contributed by atoms with E-state index in [1.54, 1.807) is 12.1 Å². The summed E-state index contributed by atoms with van der Waals surface area (Å²) in [5.41, 5.74) is 0.414. The van der Waals surface area contributed by atoms with Gasteiger partial charge in [-0.2, -0.15) is 4.68 Å². The number of aromatic amines is 1. The summed E-state index contributed by atoms with van der Waals surface area (Å²) in [6.45, 7) is 0.287. The van der Waals surface area contributed by atoms with Gasteiger partial charge >= 0.3 is 5.69 Å². The van der Waals surface area contributed by atoms with E-state index < -0.39 is 0 Å². The molecule has 0 aliphatic rings. The van der Waals surface area contributed by atoms with Crippen molar-refractivity contribution in [3.8, 4) is 0 Å². The molecule has 0 unspecified atom stereocenters. The lowest BCUT2D eigenvalue weighted by atomic mass is 10.2. The molecule has 0 atom stereocenters. The minimum atomic E-state index is -0.380. The first kappa shape index (κ1) is 8.61. The van der Waals surface area contributed by atoms with Crippen LogP contribution in [0.5, 0.6) is 0 Å². The number of aromatic nitrogens is 4. The third-order valence-electron chi connectivity index (χ3n) is 1.78. The maximum Gasteiger partial charge on any atom is 0.361 e. The molecule has 0 bridgehead atoms. The SMILES string of the molecule is O=c1[nH]nnn1Cc1ccc(F)cc1. The van der Waals surface area contributed by atoms with Crippen molar-refractivity contribution < 1.29 is 4.39 Å². The van der Waals surface area contributed by atoms with Crippen molar-refractivity contribution in [3.63, 3.8) is 0 Å². The summed E-state index contributed by atoms with van der Waals surface area (Å²) in [6, 6.07) is 5.85. The van der Waals surface area contributed by atoms with Gasteiger partial charge in [0.25, 0.3) is 0 Å². The summed E-state index contributed by atoms with van der Waals surface area (Å²) < 4.78 is 13.7. The number of benzene rings is 1. The second-order valence-corrected chi connectivity index (χ2v) is 2.79. The fourth-order valence-corrected chi connectivity index (χ4v) is 1.08. The first-order valence-corrected chi connectivity index (χ1v) is 3.98. The predicted molar refractivity (Wildman–Crippen MR) is 46.1 cm³/mol. The predicted octanol–water partition coefficient (Wildman–Crippen LogP) is 0.154. The molecule has 14 heavy (non-hydrogen) atoms. The van der Waals surface area contributed by atoms with Crippen molar-refractivity contribution >= 4 is 0 Å². The molecule has 0 aliphatic carbocycles. The third kappa shape index (κ3) is 1.68. The van der Waals surface area contributed by atoms with Gasteiger partial charge in [-0.25, -0.2) is 14.3 Å². The molecular formula is C8H7FN4O. The van der Waals surface area contributed by atoms with E-state index in [0.29, 0.717) is 0 Å². The van der Waals surface area contributed by atoms with E-state index in [0.717, 1.165) is 10.2 Å². The van der Waals surface area contributed by atoms with Gasteiger partial charge in [0.15, 0.2) is 0 Å². The highest BCUT2D eigenvalue weighted by atomic mass is 19.1. The number of hydrogen-bond acceptors (Lipinski definition) is 3. The summed E-state index contributed by atoms with van der Waals surface area (Å²) in [4.78, 5) is 11.0. The molecule has 0 saturated carbocycles. The zero-order valence-electron chi connectivity index (χ0n) is 7.14. The fourth-order valence-electron chi connectivity index (χ4n) is 1.08. The first-order chi connectivity index (χ1) is 6.75. The average Bonchev–Trinajstić information content (AvgIpc) is 2.56. The molecule has 6 heteroatoms. The Kier molecular flexibility index (Phi) is 2.10. The van der Waals surface area contributed by atoms with Crippen LogP contribution >= 0.6 is 0 Å². The van der Waals surface area contributed by atoms with E-state index in [4.69, 9.17) is 0 Å². The second-order valence-electron chi connectivity index (χ2n) is 2.79. The van der Waals surface area contributed by atoms with Crippen LogP contribution in [0.1, 0.15) is 5.56 Å². The van der Waals surface area contributed by atoms with Crippen LogP contribution in [0, 0.1) is 5.82 Å². The van der Waals surface area contributed by atoms with Gasteiger partial charge < -0.3 is 0 Å². The summed E-state index contributed by atoms with van der Waals surface area (Å²) >= 11 is 0. The zero-order chi connectivity index (χ0) is 9.97. The number of tetrazole rings is 1. The topological polar surface area (TPSA) is 63.6 Å². The lowest BCUT2D eigenvalue weighted by Gasteiger charge is -1.98. The lowest BCUT2D eigenvalue weighted by molar-refractivity contribution is 0.616. The average molecular weight is 194 g/mol. The Morgan fingerprint density at radius 1 is 1.36 bits per heavy atom. The minimum absolute atomic E-state index is 0.287. The Bertz CT molecular complexity index is 473. The number of nitrogens with one attached hydrogen (secondary N) is 1. The smallest absolute Gasteiger partial charge is 0.245 e. The highest BCUT2D eigenvalue weighted by molar-refractivity contribution is 5.15. The molecule has 0 fully saturated rings. The van der Waals surface area contributed by atoms with Crippen molar-refractivity contribution in [1.29, 1.82) is 0 Å². The number of halogens is 1. The van der Waals surface area contributed by atoms with Crippen LogP contribution in [0.3, 0.4) is 0 Å². The minimum Gasteiger partial charge on any atom is -0.245 e. The van der Waals surface area contributed by atoms with Crippen LogP contribution in [0.25, 0.3) is 0 Å². The van der Waals surface area contributed by atoms with Crippen LogP contribution < -0.4 is 5.69 Å².